The van der Waals surface area contributed by atoms with E-state index in [0.29, 0.717) is 0 Å². The third-order valence-corrected chi connectivity index (χ3v) is 5.06. The largest absolute Gasteiger partial charge is 0.455 e. The molecule has 0 spiro atoms. The number of nitro benzene ring substituents is 1. The van der Waals surface area contributed by atoms with E-state index in [1.807, 2.05) is 4.72 Å². The first kappa shape index (κ1) is 24.4. The number of esters is 1. The number of nitrogens with zero attached hydrogens (tertiary/aromatic N) is 1. The first-order valence-corrected chi connectivity index (χ1v) is 10.0. The highest BCUT2D eigenvalue weighted by Gasteiger charge is 2.21. The first-order chi connectivity index (χ1) is 15.0. The zero-order chi connectivity index (χ0) is 23.9. The standard InChI is InChI=1S/C17H16F2N4O8S/c18-17(19)31-14-4-2-1-3-12(14)22-15(24)9-30-16(25)8-21-32(28,29)10-5-6-11(20)13(7-10)23(26)27/h1-7,17,21H,8-9,20H2,(H,22,24). The number of halogens is 2. The van der Waals surface area contributed by atoms with Gasteiger partial charge in [0, 0.05) is 6.07 Å². The molecule has 1 amide bonds. The van der Waals surface area contributed by atoms with Gasteiger partial charge in [0.1, 0.15) is 18.0 Å². The van der Waals surface area contributed by atoms with Crippen LogP contribution < -0.4 is 20.5 Å². The number of anilines is 2. The summed E-state index contributed by atoms with van der Waals surface area (Å²) in [4.78, 5) is 33.1. The maximum absolute atomic E-state index is 12.4. The zero-order valence-electron chi connectivity index (χ0n) is 16.0. The second-order valence-corrected chi connectivity index (χ2v) is 7.65. The summed E-state index contributed by atoms with van der Waals surface area (Å²) in [5.41, 5.74) is 4.41. The average molecular weight is 474 g/mol. The van der Waals surface area contributed by atoms with Crippen LogP contribution in [-0.2, 0) is 24.3 Å². The quantitative estimate of drug-likeness (QED) is 0.198. The monoisotopic (exact) mass is 474 g/mol. The van der Waals surface area contributed by atoms with E-state index >= 15 is 0 Å². The van der Waals surface area contributed by atoms with Crippen molar-refractivity contribution < 1.29 is 41.2 Å². The SMILES string of the molecule is Nc1ccc(S(=O)(=O)NCC(=O)OCC(=O)Nc2ccccc2OC(F)F)cc1[N+](=O)[O-]. The topological polar surface area (TPSA) is 180 Å². The third-order valence-electron chi connectivity index (χ3n) is 3.66. The number of para-hydroxylation sites is 2. The number of carbonyl (C=O) groups is 2. The highest BCUT2D eigenvalue weighted by Crippen LogP contribution is 2.26. The van der Waals surface area contributed by atoms with Gasteiger partial charge in [0.15, 0.2) is 6.61 Å². The van der Waals surface area contributed by atoms with Crippen molar-refractivity contribution in [1.29, 1.82) is 0 Å². The fraction of sp³-hybridized carbons (Fsp3) is 0.176. The van der Waals surface area contributed by atoms with E-state index in [0.717, 1.165) is 18.2 Å². The summed E-state index contributed by atoms with van der Waals surface area (Å²) < 4.78 is 59.9. The van der Waals surface area contributed by atoms with Gasteiger partial charge in [0.2, 0.25) is 10.0 Å². The van der Waals surface area contributed by atoms with Crippen molar-refractivity contribution in [2.75, 3.05) is 24.2 Å². The Morgan fingerprint density at radius 3 is 2.53 bits per heavy atom. The normalized spacial score (nSPS) is 11.1. The Labute approximate surface area is 179 Å². The summed E-state index contributed by atoms with van der Waals surface area (Å²) in [6.07, 6.45) is 0. The highest BCUT2D eigenvalue weighted by atomic mass is 32.2. The molecule has 32 heavy (non-hydrogen) atoms. The van der Waals surface area contributed by atoms with Crippen LogP contribution in [-0.4, -0.2) is 45.0 Å². The van der Waals surface area contributed by atoms with Gasteiger partial charge < -0.3 is 20.5 Å². The van der Waals surface area contributed by atoms with Gasteiger partial charge in [-0.05, 0) is 24.3 Å². The Hall–Kier alpha value is -3.85. The summed E-state index contributed by atoms with van der Waals surface area (Å²) in [6, 6.07) is 8.04. The highest BCUT2D eigenvalue weighted by molar-refractivity contribution is 7.89. The number of carbonyl (C=O) groups excluding carboxylic acids is 2. The predicted octanol–water partition coefficient (Wildman–Crippen LogP) is 1.24. The zero-order valence-corrected chi connectivity index (χ0v) is 16.8. The first-order valence-electron chi connectivity index (χ1n) is 8.52. The van der Waals surface area contributed by atoms with Gasteiger partial charge in [0.05, 0.1) is 15.5 Å². The van der Waals surface area contributed by atoms with Crippen molar-refractivity contribution in [3.63, 3.8) is 0 Å². The van der Waals surface area contributed by atoms with Gasteiger partial charge in [-0.15, -0.1) is 0 Å². The van der Waals surface area contributed by atoms with E-state index < -0.39 is 57.2 Å². The van der Waals surface area contributed by atoms with E-state index in [1.54, 1.807) is 0 Å². The van der Waals surface area contributed by atoms with Gasteiger partial charge in [-0.3, -0.25) is 19.7 Å². The molecule has 172 valence electrons. The van der Waals surface area contributed by atoms with E-state index in [1.165, 1.54) is 24.3 Å². The van der Waals surface area contributed by atoms with Crippen molar-refractivity contribution in [2.45, 2.75) is 11.5 Å². The van der Waals surface area contributed by atoms with Crippen LogP contribution >= 0.6 is 0 Å². The number of alkyl halides is 2. The molecular formula is C17H16F2N4O8S. The second kappa shape index (κ2) is 10.5. The van der Waals surface area contributed by atoms with Crippen molar-refractivity contribution >= 4 is 39.0 Å². The number of nitro groups is 1. The number of ether oxygens (including phenoxy) is 2. The molecular weight excluding hydrogens is 458 g/mol. The minimum Gasteiger partial charge on any atom is -0.455 e. The van der Waals surface area contributed by atoms with Gasteiger partial charge >= 0.3 is 12.6 Å². The molecule has 15 heteroatoms. The summed E-state index contributed by atoms with van der Waals surface area (Å²) in [5.74, 6) is -2.36. The van der Waals surface area contributed by atoms with Crippen LogP contribution in [0.1, 0.15) is 0 Å². The Morgan fingerprint density at radius 2 is 1.88 bits per heavy atom. The summed E-state index contributed by atoms with van der Waals surface area (Å²) in [6.45, 7) is -4.86. The Bertz CT molecular complexity index is 1130. The Balaban J connectivity index is 1.90. The van der Waals surface area contributed by atoms with Crippen molar-refractivity contribution in [3.05, 3.63) is 52.6 Å². The van der Waals surface area contributed by atoms with Crippen LogP contribution in [0.2, 0.25) is 0 Å². The predicted molar refractivity (Wildman–Crippen MR) is 105 cm³/mol. The molecule has 0 unspecified atom stereocenters. The van der Waals surface area contributed by atoms with Crippen LogP contribution in [0.3, 0.4) is 0 Å². The van der Waals surface area contributed by atoms with E-state index in [2.05, 4.69) is 14.8 Å². The van der Waals surface area contributed by atoms with Gasteiger partial charge in [-0.25, -0.2) is 8.42 Å². The molecule has 2 rings (SSSR count). The summed E-state index contributed by atoms with van der Waals surface area (Å²) >= 11 is 0. The van der Waals surface area contributed by atoms with Crippen LogP contribution in [0.4, 0.5) is 25.8 Å². The number of hydrogen-bond donors (Lipinski definition) is 3. The number of sulfonamides is 1. The average Bonchev–Trinajstić information content (AvgIpc) is 2.72. The number of nitrogens with two attached hydrogens (primary N) is 1. The maximum atomic E-state index is 12.4. The van der Waals surface area contributed by atoms with Crippen LogP contribution in [0.15, 0.2) is 47.4 Å². The van der Waals surface area contributed by atoms with Crippen LogP contribution in [0.5, 0.6) is 5.75 Å². The van der Waals surface area contributed by atoms with E-state index in [-0.39, 0.29) is 17.1 Å². The molecule has 0 aliphatic carbocycles. The number of benzene rings is 2. The summed E-state index contributed by atoms with van der Waals surface area (Å²) in [5, 5.41) is 13.1. The maximum Gasteiger partial charge on any atom is 0.387 e. The van der Waals surface area contributed by atoms with Crippen molar-refractivity contribution in [3.8, 4) is 5.75 Å². The lowest BCUT2D eigenvalue weighted by molar-refractivity contribution is -0.384. The molecule has 0 aromatic heterocycles. The van der Waals surface area contributed by atoms with Crippen LogP contribution in [0, 0.1) is 10.1 Å². The Morgan fingerprint density at radius 1 is 1.19 bits per heavy atom. The molecule has 0 heterocycles. The second-order valence-electron chi connectivity index (χ2n) is 5.89. The number of hydrogen-bond acceptors (Lipinski definition) is 9. The molecule has 0 bridgehead atoms. The lowest BCUT2D eigenvalue weighted by atomic mass is 10.3. The number of rotatable bonds is 10. The van der Waals surface area contributed by atoms with Crippen molar-refractivity contribution in [2.24, 2.45) is 0 Å². The van der Waals surface area contributed by atoms with Gasteiger partial charge in [-0.2, -0.15) is 13.5 Å². The number of nitrogen functional groups attached to an aromatic ring is 1. The van der Waals surface area contributed by atoms with Gasteiger partial charge in [-0.1, -0.05) is 12.1 Å². The molecule has 0 saturated carbocycles. The molecule has 2 aromatic rings. The van der Waals surface area contributed by atoms with E-state index in [4.69, 9.17) is 5.73 Å². The lowest BCUT2D eigenvalue weighted by Crippen LogP contribution is -2.32. The fourth-order valence-electron chi connectivity index (χ4n) is 2.24. The minimum atomic E-state index is -4.33. The van der Waals surface area contributed by atoms with Crippen molar-refractivity contribution in [1.82, 2.24) is 4.72 Å². The molecule has 0 aliphatic heterocycles. The van der Waals surface area contributed by atoms with Crippen LogP contribution in [0.25, 0.3) is 0 Å². The van der Waals surface area contributed by atoms with E-state index in [9.17, 15) is 36.9 Å². The Kier molecular flexibility index (Phi) is 7.97. The number of amides is 1. The minimum absolute atomic E-state index is 0.0977. The molecule has 12 nitrogen and oxygen atoms in total. The number of nitrogens with one attached hydrogen (secondary N) is 2. The molecule has 0 saturated heterocycles. The molecule has 0 atom stereocenters. The molecule has 4 N–H and O–H groups in total. The van der Waals surface area contributed by atoms with Gasteiger partial charge in [0.25, 0.3) is 11.6 Å². The smallest absolute Gasteiger partial charge is 0.387 e. The summed E-state index contributed by atoms with van der Waals surface area (Å²) in [7, 11) is -4.33. The lowest BCUT2D eigenvalue weighted by Gasteiger charge is -2.12. The molecule has 0 aliphatic rings. The fourth-order valence-corrected chi connectivity index (χ4v) is 3.23. The molecule has 0 fully saturated rings. The molecule has 0 radical (unpaired) electrons. The molecule has 2 aromatic carbocycles. The third kappa shape index (κ3) is 6.85.